The third kappa shape index (κ3) is 5.28. The van der Waals surface area contributed by atoms with E-state index in [9.17, 15) is 0 Å². The molecular formula is C14H26N6. The van der Waals surface area contributed by atoms with E-state index in [0.29, 0.717) is 12.0 Å². The summed E-state index contributed by atoms with van der Waals surface area (Å²) in [4.78, 5) is 6.65. The third-order valence-electron chi connectivity index (χ3n) is 3.59. The molecule has 112 valence electrons. The predicted molar refractivity (Wildman–Crippen MR) is 82.0 cm³/mol. The summed E-state index contributed by atoms with van der Waals surface area (Å²) in [5.41, 5.74) is 0. The molecule has 0 amide bonds. The Morgan fingerprint density at radius 3 is 2.80 bits per heavy atom. The SMILES string of the molecule is CN(C)CCCNc1cnnc(NC2CCCCC2)n1. The van der Waals surface area contributed by atoms with Gasteiger partial charge in [0.25, 0.3) is 0 Å². The highest BCUT2D eigenvalue weighted by Crippen LogP contribution is 2.20. The van der Waals surface area contributed by atoms with E-state index in [-0.39, 0.29) is 0 Å². The molecule has 0 aliphatic heterocycles. The van der Waals surface area contributed by atoms with Gasteiger partial charge in [-0.25, -0.2) is 0 Å². The average Bonchev–Trinajstić information content (AvgIpc) is 2.45. The van der Waals surface area contributed by atoms with Gasteiger partial charge in [-0.3, -0.25) is 0 Å². The van der Waals surface area contributed by atoms with Crippen molar-refractivity contribution in [2.24, 2.45) is 0 Å². The van der Waals surface area contributed by atoms with Crippen LogP contribution >= 0.6 is 0 Å². The Balaban J connectivity index is 1.78. The number of hydrogen-bond donors (Lipinski definition) is 2. The maximum absolute atomic E-state index is 4.47. The van der Waals surface area contributed by atoms with Crippen LogP contribution in [0.3, 0.4) is 0 Å². The monoisotopic (exact) mass is 278 g/mol. The van der Waals surface area contributed by atoms with Crippen LogP contribution in [0.25, 0.3) is 0 Å². The molecule has 2 rings (SSSR count). The van der Waals surface area contributed by atoms with Crippen LogP contribution in [0, 0.1) is 0 Å². The van der Waals surface area contributed by atoms with Gasteiger partial charge in [0.1, 0.15) is 0 Å². The minimum atomic E-state index is 0.509. The zero-order valence-electron chi connectivity index (χ0n) is 12.6. The first-order valence-corrected chi connectivity index (χ1v) is 7.59. The molecule has 0 aromatic carbocycles. The summed E-state index contributed by atoms with van der Waals surface area (Å²) in [6.07, 6.45) is 9.14. The molecule has 1 saturated carbocycles. The molecule has 0 radical (unpaired) electrons. The number of aromatic nitrogens is 3. The lowest BCUT2D eigenvalue weighted by molar-refractivity contribution is 0.405. The second-order valence-electron chi connectivity index (χ2n) is 5.73. The molecule has 6 nitrogen and oxygen atoms in total. The van der Waals surface area contributed by atoms with Crippen molar-refractivity contribution in [3.05, 3.63) is 6.20 Å². The Morgan fingerprint density at radius 1 is 1.25 bits per heavy atom. The molecule has 2 N–H and O–H groups in total. The van der Waals surface area contributed by atoms with Crippen molar-refractivity contribution in [1.82, 2.24) is 20.1 Å². The zero-order chi connectivity index (χ0) is 14.2. The lowest BCUT2D eigenvalue weighted by atomic mass is 9.96. The van der Waals surface area contributed by atoms with Gasteiger partial charge in [0, 0.05) is 12.6 Å². The van der Waals surface area contributed by atoms with Crippen molar-refractivity contribution < 1.29 is 0 Å². The highest BCUT2D eigenvalue weighted by atomic mass is 15.3. The van der Waals surface area contributed by atoms with Crippen LogP contribution in [0.15, 0.2) is 6.20 Å². The topological polar surface area (TPSA) is 66.0 Å². The minimum absolute atomic E-state index is 0.509. The van der Waals surface area contributed by atoms with E-state index in [1.165, 1.54) is 32.1 Å². The Labute approximate surface area is 121 Å². The number of nitrogens with one attached hydrogen (secondary N) is 2. The van der Waals surface area contributed by atoms with Gasteiger partial charge < -0.3 is 15.5 Å². The summed E-state index contributed by atoms with van der Waals surface area (Å²) in [7, 11) is 4.16. The minimum Gasteiger partial charge on any atom is -0.369 e. The molecule has 0 bridgehead atoms. The van der Waals surface area contributed by atoms with E-state index in [1.54, 1.807) is 6.20 Å². The Bertz CT molecular complexity index is 389. The number of rotatable bonds is 7. The second-order valence-corrected chi connectivity index (χ2v) is 5.73. The molecular weight excluding hydrogens is 252 g/mol. The van der Waals surface area contributed by atoms with Gasteiger partial charge in [-0.05, 0) is 39.9 Å². The zero-order valence-corrected chi connectivity index (χ0v) is 12.6. The molecule has 1 aliphatic carbocycles. The predicted octanol–water partition coefficient (Wildman–Crippen LogP) is 1.98. The average molecular weight is 278 g/mol. The summed E-state index contributed by atoms with van der Waals surface area (Å²) in [6, 6.07) is 0.509. The van der Waals surface area contributed by atoms with E-state index in [0.717, 1.165) is 25.3 Å². The summed E-state index contributed by atoms with van der Waals surface area (Å²) in [6.45, 7) is 1.97. The van der Waals surface area contributed by atoms with Gasteiger partial charge in [-0.15, -0.1) is 5.10 Å². The number of anilines is 2. The Kier molecular flexibility index (Phi) is 5.98. The van der Waals surface area contributed by atoms with Gasteiger partial charge in [0.05, 0.1) is 6.20 Å². The first kappa shape index (κ1) is 15.0. The van der Waals surface area contributed by atoms with Crippen molar-refractivity contribution in [3.8, 4) is 0 Å². The van der Waals surface area contributed by atoms with Crippen LogP contribution in [0.2, 0.25) is 0 Å². The molecule has 0 saturated heterocycles. The molecule has 1 heterocycles. The molecule has 1 aliphatic rings. The van der Waals surface area contributed by atoms with Crippen LogP contribution < -0.4 is 10.6 Å². The summed E-state index contributed by atoms with van der Waals surface area (Å²) in [5, 5.41) is 14.8. The van der Waals surface area contributed by atoms with Gasteiger partial charge in [0.2, 0.25) is 5.95 Å². The Hall–Kier alpha value is -1.43. The van der Waals surface area contributed by atoms with Gasteiger partial charge in [0.15, 0.2) is 5.82 Å². The molecule has 1 aromatic rings. The van der Waals surface area contributed by atoms with Crippen LogP contribution in [0.4, 0.5) is 11.8 Å². The summed E-state index contributed by atoms with van der Waals surface area (Å²) < 4.78 is 0. The maximum atomic E-state index is 4.47. The van der Waals surface area contributed by atoms with Crippen molar-refractivity contribution >= 4 is 11.8 Å². The normalized spacial score (nSPS) is 16.4. The lowest BCUT2D eigenvalue weighted by Gasteiger charge is -2.22. The summed E-state index contributed by atoms with van der Waals surface area (Å²) >= 11 is 0. The Morgan fingerprint density at radius 2 is 2.05 bits per heavy atom. The molecule has 1 aromatic heterocycles. The quantitative estimate of drug-likeness (QED) is 0.744. The first-order valence-electron chi connectivity index (χ1n) is 7.59. The van der Waals surface area contributed by atoms with E-state index in [1.807, 2.05) is 0 Å². The smallest absolute Gasteiger partial charge is 0.244 e. The fourth-order valence-electron chi connectivity index (χ4n) is 2.49. The van der Waals surface area contributed by atoms with Crippen molar-refractivity contribution in [2.75, 3.05) is 37.8 Å². The molecule has 0 atom stereocenters. The van der Waals surface area contributed by atoms with E-state index in [4.69, 9.17) is 0 Å². The second kappa shape index (κ2) is 7.99. The lowest BCUT2D eigenvalue weighted by Crippen LogP contribution is -2.24. The van der Waals surface area contributed by atoms with Crippen LogP contribution in [-0.2, 0) is 0 Å². The highest BCUT2D eigenvalue weighted by molar-refractivity contribution is 5.37. The maximum Gasteiger partial charge on any atom is 0.244 e. The largest absolute Gasteiger partial charge is 0.369 e. The van der Waals surface area contributed by atoms with Crippen LogP contribution in [-0.4, -0.2) is 53.3 Å². The molecule has 0 spiro atoms. The van der Waals surface area contributed by atoms with Gasteiger partial charge >= 0.3 is 0 Å². The van der Waals surface area contributed by atoms with Crippen molar-refractivity contribution in [2.45, 2.75) is 44.6 Å². The molecule has 20 heavy (non-hydrogen) atoms. The molecule has 6 heteroatoms. The molecule has 1 fully saturated rings. The fraction of sp³-hybridized carbons (Fsp3) is 0.786. The van der Waals surface area contributed by atoms with E-state index < -0.39 is 0 Å². The number of hydrogen-bond acceptors (Lipinski definition) is 6. The molecule has 0 unspecified atom stereocenters. The highest BCUT2D eigenvalue weighted by Gasteiger charge is 2.14. The van der Waals surface area contributed by atoms with E-state index >= 15 is 0 Å². The third-order valence-corrected chi connectivity index (χ3v) is 3.59. The van der Waals surface area contributed by atoms with Crippen LogP contribution in [0.1, 0.15) is 38.5 Å². The standard InChI is InChI=1S/C14H26N6/c1-20(2)10-6-9-15-13-11-16-19-14(18-13)17-12-7-4-3-5-8-12/h11-12H,3-10H2,1-2H3,(H2,15,17,18,19). The van der Waals surface area contributed by atoms with Crippen LogP contribution in [0.5, 0.6) is 0 Å². The number of nitrogens with zero attached hydrogens (tertiary/aromatic N) is 4. The first-order chi connectivity index (χ1) is 9.74. The van der Waals surface area contributed by atoms with Crippen molar-refractivity contribution in [3.63, 3.8) is 0 Å². The van der Waals surface area contributed by atoms with Gasteiger partial charge in [-0.2, -0.15) is 10.1 Å². The van der Waals surface area contributed by atoms with Crippen molar-refractivity contribution in [1.29, 1.82) is 0 Å². The van der Waals surface area contributed by atoms with E-state index in [2.05, 4.69) is 44.8 Å². The fourth-order valence-corrected chi connectivity index (χ4v) is 2.49. The summed E-state index contributed by atoms with van der Waals surface area (Å²) in [5.74, 6) is 1.45. The van der Waals surface area contributed by atoms with Gasteiger partial charge in [-0.1, -0.05) is 19.3 Å².